The number of aliphatic hydroxyl groups is 1. The number of hydrogen-bond acceptors (Lipinski definition) is 12. The molecule has 0 bridgehead atoms. The van der Waals surface area contributed by atoms with Crippen molar-refractivity contribution in [2.24, 2.45) is 5.41 Å². The SMILES string of the molecule is Cc1ncsc1-c1ccc(CNC(=O)[C@@H]2C[C@@H](O)CN2C(=O)[C@@H](NC(=O)CCCCCCC(=O)NCCC(=O)Nc2cc3cc(-c4cncc(N)c4C)c(F)c(N)c3cn2)C(C)(C)C)cc1. The molecule has 4 heterocycles. The highest BCUT2D eigenvalue weighted by molar-refractivity contribution is 7.13. The van der Waals surface area contributed by atoms with Crippen molar-refractivity contribution < 1.29 is 33.5 Å². The first kappa shape index (κ1) is 48.9. The summed E-state index contributed by atoms with van der Waals surface area (Å²) in [6, 6.07) is 9.23. The Kier molecular flexibility index (Phi) is 16.0. The number of thiazole rings is 1. The number of likely N-dealkylation sites (tertiary alicyclic amines) is 1. The monoisotopic (exact) mass is 922 g/mol. The summed E-state index contributed by atoms with van der Waals surface area (Å²) in [4.78, 5) is 80.8. The number of nitrogens with one attached hydrogen (secondary N) is 4. The number of aromatic nitrogens is 3. The number of carbonyl (C=O) groups is 5. The standard InChI is InChI=1S/C48H59FN10O6S/c1-27-34(22-52-24-36(27)50)33-18-31-19-38(54-23-35(31)43(51)42(33)49)57-41(63)16-17-53-39(61)10-8-6-7-9-11-40(62)58-45(48(3,4)5)47(65)59-25-32(60)20-37(59)46(64)55-21-29-12-14-30(15-13-29)44-28(2)56-26-66-44/h12-15,18-19,22-24,26,32,37,45,60H,6-11,16-17,20-21,25,50-51H2,1-5H3,(H,53,61)(H,55,64)(H,58,62)(H,54,57,63)/t32-,37+,45-/m1/s1. The van der Waals surface area contributed by atoms with E-state index < -0.39 is 35.3 Å². The van der Waals surface area contributed by atoms with Crippen molar-refractivity contribution >= 4 is 68.8 Å². The molecule has 1 aliphatic rings. The van der Waals surface area contributed by atoms with Gasteiger partial charge in [-0.15, -0.1) is 11.3 Å². The van der Waals surface area contributed by atoms with Crippen LogP contribution in [0.15, 0.2) is 60.5 Å². The molecule has 1 saturated heterocycles. The van der Waals surface area contributed by atoms with Gasteiger partial charge in [0.15, 0.2) is 5.82 Å². The quantitative estimate of drug-likeness (QED) is 0.0401. The summed E-state index contributed by atoms with van der Waals surface area (Å²) in [5.74, 6) is -2.06. The van der Waals surface area contributed by atoms with E-state index in [9.17, 15) is 29.1 Å². The zero-order chi connectivity index (χ0) is 47.7. The summed E-state index contributed by atoms with van der Waals surface area (Å²) in [7, 11) is 0. The molecule has 350 valence electrons. The second-order valence-electron chi connectivity index (χ2n) is 17.9. The van der Waals surface area contributed by atoms with Crippen molar-refractivity contribution in [3.8, 4) is 21.6 Å². The van der Waals surface area contributed by atoms with Crippen molar-refractivity contribution in [2.75, 3.05) is 29.9 Å². The van der Waals surface area contributed by atoms with Gasteiger partial charge < -0.3 is 42.7 Å². The van der Waals surface area contributed by atoms with Gasteiger partial charge in [0.25, 0.3) is 0 Å². The molecule has 3 atom stereocenters. The van der Waals surface area contributed by atoms with Crippen molar-refractivity contribution in [1.82, 2.24) is 35.8 Å². The lowest BCUT2D eigenvalue weighted by atomic mass is 9.85. The fraction of sp³-hybridized carbons (Fsp3) is 0.417. The van der Waals surface area contributed by atoms with E-state index in [2.05, 4.69) is 36.2 Å². The number of fused-ring (bicyclic) bond motifs is 1. The highest BCUT2D eigenvalue weighted by atomic mass is 32.1. The summed E-state index contributed by atoms with van der Waals surface area (Å²) >= 11 is 1.56. The van der Waals surface area contributed by atoms with Crippen molar-refractivity contribution in [3.63, 3.8) is 0 Å². The Morgan fingerprint density at radius 3 is 2.29 bits per heavy atom. The molecule has 5 amide bonds. The lowest BCUT2D eigenvalue weighted by Crippen LogP contribution is -2.57. The topological polar surface area (TPSA) is 248 Å². The fourth-order valence-electron chi connectivity index (χ4n) is 7.92. The van der Waals surface area contributed by atoms with Crippen molar-refractivity contribution in [1.29, 1.82) is 0 Å². The number of nitrogens with zero attached hydrogens (tertiary/aromatic N) is 4. The number of benzene rings is 2. The Balaban J connectivity index is 0.889. The van der Waals surface area contributed by atoms with Crippen molar-refractivity contribution in [3.05, 3.63) is 83.1 Å². The number of amides is 5. The molecule has 6 rings (SSSR count). The molecule has 3 aromatic heterocycles. The van der Waals surface area contributed by atoms with Gasteiger partial charge in [0.1, 0.15) is 17.9 Å². The second-order valence-corrected chi connectivity index (χ2v) is 18.7. The fourth-order valence-corrected chi connectivity index (χ4v) is 8.73. The maximum absolute atomic E-state index is 15.3. The van der Waals surface area contributed by atoms with Crippen LogP contribution in [0.4, 0.5) is 21.6 Å². The van der Waals surface area contributed by atoms with Gasteiger partial charge in [0.2, 0.25) is 29.5 Å². The summed E-state index contributed by atoms with van der Waals surface area (Å²) < 4.78 is 15.3. The Bertz CT molecular complexity index is 2580. The zero-order valence-electron chi connectivity index (χ0n) is 38.0. The van der Waals surface area contributed by atoms with Crippen LogP contribution in [0.1, 0.15) is 89.0 Å². The molecule has 1 fully saturated rings. The first-order chi connectivity index (χ1) is 31.4. The number of pyridine rings is 2. The van der Waals surface area contributed by atoms with E-state index in [-0.39, 0.29) is 86.0 Å². The highest BCUT2D eigenvalue weighted by Crippen LogP contribution is 2.36. The smallest absolute Gasteiger partial charge is 0.246 e. The number of carbonyl (C=O) groups excluding carboxylic acids is 5. The summed E-state index contributed by atoms with van der Waals surface area (Å²) in [5.41, 5.74) is 17.8. The maximum Gasteiger partial charge on any atom is 0.246 e. The Morgan fingerprint density at radius 2 is 1.61 bits per heavy atom. The molecule has 1 aliphatic heterocycles. The Morgan fingerprint density at radius 1 is 0.894 bits per heavy atom. The van der Waals surface area contributed by atoms with E-state index in [1.54, 1.807) is 35.9 Å². The number of hydrogen-bond donors (Lipinski definition) is 7. The number of aryl methyl sites for hydroxylation is 1. The third-order valence-corrected chi connectivity index (χ3v) is 12.7. The van der Waals surface area contributed by atoms with Gasteiger partial charge in [0.05, 0.1) is 39.8 Å². The molecule has 2 aromatic carbocycles. The van der Waals surface area contributed by atoms with Gasteiger partial charge in [-0.05, 0) is 66.3 Å². The number of rotatable bonds is 18. The number of unbranched alkanes of at least 4 members (excludes halogenated alkanes) is 3. The molecule has 16 nitrogen and oxygen atoms in total. The average molecular weight is 923 g/mol. The van der Waals surface area contributed by atoms with E-state index in [0.29, 0.717) is 53.3 Å². The number of halogens is 1. The molecule has 66 heavy (non-hydrogen) atoms. The number of aliphatic hydroxyl groups excluding tert-OH is 1. The van der Waals surface area contributed by atoms with Gasteiger partial charge in [0, 0.05) is 74.2 Å². The third kappa shape index (κ3) is 12.2. The highest BCUT2D eigenvalue weighted by Gasteiger charge is 2.44. The Hall–Kier alpha value is -6.53. The lowest BCUT2D eigenvalue weighted by molar-refractivity contribution is -0.144. The predicted octanol–water partition coefficient (Wildman–Crippen LogP) is 5.94. The van der Waals surface area contributed by atoms with E-state index in [1.165, 1.54) is 23.5 Å². The third-order valence-electron chi connectivity index (χ3n) is 11.8. The zero-order valence-corrected chi connectivity index (χ0v) is 38.8. The number of nitrogens with two attached hydrogens (primary N) is 2. The molecule has 0 aliphatic carbocycles. The minimum absolute atomic E-state index is 0.000142. The van der Waals surface area contributed by atoms with Crippen LogP contribution in [-0.4, -0.2) is 85.8 Å². The normalized spacial score (nSPS) is 15.3. The maximum atomic E-state index is 15.3. The number of nitrogen functional groups attached to an aromatic ring is 2. The van der Waals surface area contributed by atoms with Crippen LogP contribution in [-0.2, 0) is 30.5 Å². The molecule has 18 heteroatoms. The van der Waals surface area contributed by atoms with E-state index >= 15 is 4.39 Å². The van der Waals surface area contributed by atoms with Crippen molar-refractivity contribution in [2.45, 2.75) is 111 Å². The lowest BCUT2D eigenvalue weighted by Gasteiger charge is -2.35. The predicted molar refractivity (Wildman–Crippen MR) is 254 cm³/mol. The Labute approximate surface area is 387 Å². The van der Waals surface area contributed by atoms with Gasteiger partial charge in [-0.2, -0.15) is 0 Å². The molecule has 0 saturated carbocycles. The summed E-state index contributed by atoms with van der Waals surface area (Å²) in [6.07, 6.45) is 6.53. The first-order valence-corrected chi connectivity index (χ1v) is 23.0. The number of β-amino-alcohol motifs (C(OH)–C–C–N with tert-alkyl or cyclic N) is 1. The minimum atomic E-state index is -0.926. The van der Waals surface area contributed by atoms with Crippen LogP contribution in [0.5, 0.6) is 0 Å². The van der Waals surface area contributed by atoms with E-state index in [0.717, 1.165) is 21.7 Å². The first-order valence-electron chi connectivity index (χ1n) is 22.1. The van der Waals surface area contributed by atoms with Crippen LogP contribution in [0, 0.1) is 25.1 Å². The van der Waals surface area contributed by atoms with E-state index in [1.807, 2.05) is 52.0 Å². The van der Waals surface area contributed by atoms with Gasteiger partial charge in [-0.3, -0.25) is 29.0 Å². The molecular weight excluding hydrogens is 864 g/mol. The average Bonchev–Trinajstić information content (AvgIpc) is 3.90. The van der Waals surface area contributed by atoms with Crippen LogP contribution in [0.25, 0.3) is 32.3 Å². The molecule has 0 unspecified atom stereocenters. The van der Waals surface area contributed by atoms with Crippen LogP contribution < -0.4 is 32.7 Å². The van der Waals surface area contributed by atoms with Gasteiger partial charge in [-0.25, -0.2) is 14.4 Å². The molecular formula is C48H59FN10O6S. The van der Waals surface area contributed by atoms with Gasteiger partial charge >= 0.3 is 0 Å². The molecule has 0 spiro atoms. The van der Waals surface area contributed by atoms with Gasteiger partial charge in [-0.1, -0.05) is 57.9 Å². The largest absolute Gasteiger partial charge is 0.397 e. The molecule has 0 radical (unpaired) electrons. The number of anilines is 3. The molecule has 9 N–H and O–H groups in total. The second kappa shape index (κ2) is 21.6. The summed E-state index contributed by atoms with van der Waals surface area (Å²) in [5, 5.41) is 22.8. The van der Waals surface area contributed by atoms with Crippen LogP contribution >= 0.6 is 11.3 Å². The summed E-state index contributed by atoms with van der Waals surface area (Å²) in [6.45, 7) is 9.59. The molecule has 5 aromatic rings. The minimum Gasteiger partial charge on any atom is -0.397 e. The van der Waals surface area contributed by atoms with E-state index in [4.69, 9.17) is 11.5 Å². The van der Waals surface area contributed by atoms with Crippen LogP contribution in [0.3, 0.4) is 0 Å². The van der Waals surface area contributed by atoms with Crippen LogP contribution in [0.2, 0.25) is 0 Å².